The number of hydrogen-bond acceptors (Lipinski definition) is 4. The van der Waals surface area contributed by atoms with Gasteiger partial charge in [0.05, 0.1) is 6.10 Å². The van der Waals surface area contributed by atoms with Crippen LogP contribution < -0.4 is 10.6 Å². The number of nitrogens with zero attached hydrogens (tertiary/aromatic N) is 1. The number of rotatable bonds is 20. The molecule has 33 heavy (non-hydrogen) atoms. The maximum Gasteiger partial charge on any atom is 0.220 e. The Morgan fingerprint density at radius 3 is 1.52 bits per heavy atom. The van der Waals surface area contributed by atoms with E-state index in [-0.39, 0.29) is 23.9 Å². The van der Waals surface area contributed by atoms with Crippen LogP contribution in [-0.2, 0) is 9.59 Å². The predicted octanol–water partition coefficient (Wildman–Crippen LogP) is 4.73. The summed E-state index contributed by atoms with van der Waals surface area (Å²) < 4.78 is 0. The van der Waals surface area contributed by atoms with Crippen LogP contribution in [0.2, 0.25) is 0 Å². The molecule has 192 valence electrons. The minimum atomic E-state index is -0.480. The number of aliphatic hydroxyl groups excluding tert-OH is 1. The minimum absolute atomic E-state index is 0.0589. The number of unbranched alkanes of at least 4 members (excludes halogenated alkanes) is 4. The van der Waals surface area contributed by atoms with Crippen molar-refractivity contribution < 1.29 is 14.7 Å². The van der Waals surface area contributed by atoms with E-state index in [1.807, 2.05) is 0 Å². The van der Waals surface area contributed by atoms with Gasteiger partial charge in [0.1, 0.15) is 0 Å². The van der Waals surface area contributed by atoms with E-state index in [1.54, 1.807) is 6.92 Å². The molecule has 0 aromatic heterocycles. The second-order valence-electron chi connectivity index (χ2n) is 9.16. The zero-order valence-electron chi connectivity index (χ0n) is 21.9. The van der Waals surface area contributed by atoms with E-state index < -0.39 is 6.10 Å². The van der Waals surface area contributed by atoms with Gasteiger partial charge in [-0.25, -0.2) is 0 Å². The lowest BCUT2D eigenvalue weighted by Crippen LogP contribution is -2.52. The van der Waals surface area contributed by atoms with Gasteiger partial charge in [0.25, 0.3) is 0 Å². The maximum absolute atomic E-state index is 12.2. The fourth-order valence-electron chi connectivity index (χ4n) is 3.60. The van der Waals surface area contributed by atoms with Crippen molar-refractivity contribution in [3.63, 3.8) is 0 Å². The molecule has 0 saturated carbocycles. The largest absolute Gasteiger partial charge is 0.392 e. The van der Waals surface area contributed by atoms with Crippen molar-refractivity contribution in [2.24, 2.45) is 0 Å². The summed E-state index contributed by atoms with van der Waals surface area (Å²) >= 11 is 0. The van der Waals surface area contributed by atoms with Crippen molar-refractivity contribution in [3.05, 3.63) is 24.3 Å². The first kappa shape index (κ1) is 31.3. The third-order valence-corrected chi connectivity index (χ3v) is 5.59. The Balaban J connectivity index is 4.37. The molecule has 3 atom stereocenters. The zero-order chi connectivity index (χ0) is 24.9. The molecule has 0 fully saturated rings. The third kappa shape index (κ3) is 18.5. The van der Waals surface area contributed by atoms with Gasteiger partial charge in [0.2, 0.25) is 11.8 Å². The average molecular weight is 466 g/mol. The summed E-state index contributed by atoms with van der Waals surface area (Å²) in [5.41, 5.74) is 0. The number of carbonyl (C=O) groups excluding carboxylic acids is 2. The third-order valence-electron chi connectivity index (χ3n) is 5.59. The minimum Gasteiger partial charge on any atom is -0.392 e. The summed E-state index contributed by atoms with van der Waals surface area (Å²) in [4.78, 5) is 26.5. The van der Waals surface area contributed by atoms with E-state index in [4.69, 9.17) is 0 Å². The van der Waals surface area contributed by atoms with Gasteiger partial charge < -0.3 is 15.7 Å². The van der Waals surface area contributed by atoms with Crippen LogP contribution in [0.4, 0.5) is 0 Å². The summed E-state index contributed by atoms with van der Waals surface area (Å²) in [6, 6.07) is 0.118. The Morgan fingerprint density at radius 2 is 1.15 bits per heavy atom. The Bertz CT molecular complexity index is 517. The molecule has 3 N–H and O–H groups in total. The lowest BCUT2D eigenvalue weighted by molar-refractivity contribution is -0.121. The molecular formula is C27H51N3O3. The first-order valence-electron chi connectivity index (χ1n) is 13.1. The van der Waals surface area contributed by atoms with Crippen LogP contribution in [-0.4, -0.2) is 59.6 Å². The zero-order valence-corrected chi connectivity index (χ0v) is 21.9. The second kappa shape index (κ2) is 20.9. The molecule has 0 aliphatic heterocycles. The predicted molar refractivity (Wildman–Crippen MR) is 139 cm³/mol. The van der Waals surface area contributed by atoms with Crippen molar-refractivity contribution in [1.29, 1.82) is 0 Å². The van der Waals surface area contributed by atoms with Crippen molar-refractivity contribution in [1.82, 2.24) is 15.5 Å². The molecule has 6 heteroatoms. The van der Waals surface area contributed by atoms with Crippen molar-refractivity contribution in [3.8, 4) is 0 Å². The monoisotopic (exact) mass is 465 g/mol. The van der Waals surface area contributed by atoms with Gasteiger partial charge in [-0.05, 0) is 59.3 Å². The van der Waals surface area contributed by atoms with E-state index in [2.05, 4.69) is 67.5 Å². The van der Waals surface area contributed by atoms with Gasteiger partial charge >= 0.3 is 0 Å². The van der Waals surface area contributed by atoms with E-state index in [9.17, 15) is 14.7 Å². The van der Waals surface area contributed by atoms with Crippen LogP contribution in [0.5, 0.6) is 0 Å². The van der Waals surface area contributed by atoms with Gasteiger partial charge in [0, 0.05) is 44.6 Å². The smallest absolute Gasteiger partial charge is 0.220 e. The topological polar surface area (TPSA) is 81.7 Å². The molecule has 2 amide bonds. The number of nitrogens with one attached hydrogen (secondary N) is 2. The molecule has 0 aromatic carbocycles. The van der Waals surface area contributed by atoms with E-state index in [0.717, 1.165) is 51.4 Å². The normalized spacial score (nSPS) is 14.6. The Kier molecular flexibility index (Phi) is 19.9. The molecule has 0 aromatic rings. The van der Waals surface area contributed by atoms with Crippen molar-refractivity contribution in [2.75, 3.05) is 19.6 Å². The van der Waals surface area contributed by atoms with Crippen LogP contribution in [0.1, 0.15) is 98.8 Å². The number of carbonyl (C=O) groups is 2. The van der Waals surface area contributed by atoms with Gasteiger partial charge in [-0.3, -0.25) is 14.5 Å². The number of allylic oxidation sites excluding steroid dienone is 4. The quantitative estimate of drug-likeness (QED) is 0.179. The maximum atomic E-state index is 12.2. The van der Waals surface area contributed by atoms with Crippen LogP contribution >= 0.6 is 0 Å². The van der Waals surface area contributed by atoms with Crippen LogP contribution in [0.25, 0.3) is 0 Å². The number of amides is 2. The Morgan fingerprint density at radius 1 is 0.758 bits per heavy atom. The fourth-order valence-corrected chi connectivity index (χ4v) is 3.60. The molecule has 0 spiro atoms. The lowest BCUT2D eigenvalue weighted by atomic mass is 10.1. The first-order valence-corrected chi connectivity index (χ1v) is 13.1. The van der Waals surface area contributed by atoms with Crippen molar-refractivity contribution in [2.45, 2.75) is 117 Å². The molecule has 6 nitrogen and oxygen atoms in total. The van der Waals surface area contributed by atoms with Gasteiger partial charge in [-0.15, -0.1) is 0 Å². The van der Waals surface area contributed by atoms with E-state index >= 15 is 0 Å². The SMILES string of the molecule is CCC/C=C/CCCC(=O)NCC(C)N(CC(C)O)C(C)CNC(=O)CCC/C=C/CCC. The molecule has 0 rings (SSSR count). The Hall–Kier alpha value is -1.66. The molecule has 3 unspecified atom stereocenters. The van der Waals surface area contributed by atoms with Gasteiger partial charge in [-0.1, -0.05) is 51.0 Å². The van der Waals surface area contributed by atoms with Gasteiger partial charge in [-0.2, -0.15) is 0 Å². The highest BCUT2D eigenvalue weighted by Gasteiger charge is 2.22. The second-order valence-corrected chi connectivity index (χ2v) is 9.16. The molecule has 0 saturated heterocycles. The molecule has 0 heterocycles. The molecule has 0 radical (unpaired) electrons. The van der Waals surface area contributed by atoms with E-state index in [1.165, 1.54) is 0 Å². The Labute approximate surface area is 203 Å². The number of aliphatic hydroxyl groups is 1. The summed E-state index contributed by atoms with van der Waals surface area (Å²) in [6.45, 7) is 11.7. The summed E-state index contributed by atoms with van der Waals surface area (Å²) in [5, 5.41) is 16.0. The van der Waals surface area contributed by atoms with E-state index in [0.29, 0.717) is 32.5 Å². The lowest BCUT2D eigenvalue weighted by Gasteiger charge is -2.35. The van der Waals surface area contributed by atoms with Crippen molar-refractivity contribution >= 4 is 11.8 Å². The summed E-state index contributed by atoms with van der Waals surface area (Å²) in [6.07, 6.45) is 17.3. The molecule has 0 aliphatic rings. The fraction of sp³-hybridized carbons (Fsp3) is 0.778. The van der Waals surface area contributed by atoms with Crippen LogP contribution in [0.3, 0.4) is 0 Å². The number of hydrogen-bond donors (Lipinski definition) is 3. The van der Waals surface area contributed by atoms with Crippen LogP contribution in [0, 0.1) is 0 Å². The van der Waals surface area contributed by atoms with Crippen LogP contribution in [0.15, 0.2) is 24.3 Å². The van der Waals surface area contributed by atoms with Gasteiger partial charge in [0.15, 0.2) is 0 Å². The summed E-state index contributed by atoms with van der Waals surface area (Å²) in [5.74, 6) is 0.133. The molecule has 0 aliphatic carbocycles. The highest BCUT2D eigenvalue weighted by atomic mass is 16.3. The first-order chi connectivity index (χ1) is 15.8. The standard InChI is InChI=1S/C27H51N3O3/c1-6-8-10-12-14-16-18-26(32)28-20-23(3)30(22-25(5)31)24(4)21-29-27(33)19-17-15-13-11-9-7-2/h10-13,23-25,31H,6-9,14-22H2,1-5H3,(H,28,32)(H,29,33)/b12-10+,13-11+. The average Bonchev–Trinajstić information content (AvgIpc) is 2.78. The highest BCUT2D eigenvalue weighted by molar-refractivity contribution is 5.76. The highest BCUT2D eigenvalue weighted by Crippen LogP contribution is 2.08. The summed E-state index contributed by atoms with van der Waals surface area (Å²) in [7, 11) is 0. The molecular weight excluding hydrogens is 414 g/mol. The molecule has 0 bridgehead atoms.